The quantitative estimate of drug-likeness (QED) is 0.611. The minimum absolute atomic E-state index is 0.0355. The van der Waals surface area contributed by atoms with Crippen molar-refractivity contribution >= 4 is 17.7 Å². The molecule has 1 N–H and O–H groups in total. The number of hydrogen-bond acceptors (Lipinski definition) is 4. The van der Waals surface area contributed by atoms with Gasteiger partial charge in [-0.3, -0.25) is 9.59 Å². The molecule has 3 fully saturated rings. The summed E-state index contributed by atoms with van der Waals surface area (Å²) in [7, 11) is 0. The maximum Gasteiger partial charge on any atom is 0.408 e. The number of carbonyl (C=O) groups is 3. The van der Waals surface area contributed by atoms with Crippen LogP contribution in [-0.4, -0.2) is 28.8 Å². The Kier molecular flexibility index (Phi) is 5.30. The number of alkyl carbamates (subject to hydrolysis) is 1. The minimum Gasteiger partial charge on any atom is -0.434 e. The molecule has 4 rings (SSSR count). The Bertz CT molecular complexity index is 924. The van der Waals surface area contributed by atoms with Crippen LogP contribution in [0.3, 0.4) is 0 Å². The molecule has 0 aromatic carbocycles. The molecule has 0 aromatic heterocycles. The van der Waals surface area contributed by atoms with Crippen molar-refractivity contribution in [3.8, 4) is 0 Å². The van der Waals surface area contributed by atoms with Gasteiger partial charge in [0.2, 0.25) is 0 Å². The van der Waals surface area contributed by atoms with Crippen LogP contribution in [-0.2, 0) is 14.3 Å². The summed E-state index contributed by atoms with van der Waals surface area (Å²) < 4.78 is 6.08. The Hall–Kier alpha value is -1.91. The lowest BCUT2D eigenvalue weighted by Gasteiger charge is -2.58. The smallest absolute Gasteiger partial charge is 0.408 e. The van der Waals surface area contributed by atoms with Crippen molar-refractivity contribution in [3.05, 3.63) is 23.3 Å². The molecule has 4 aliphatic rings. The summed E-state index contributed by atoms with van der Waals surface area (Å²) >= 11 is 0. The third-order valence-corrected chi connectivity index (χ3v) is 9.29. The van der Waals surface area contributed by atoms with Gasteiger partial charge in [-0.2, -0.15) is 0 Å². The Balaban J connectivity index is 1.66. The summed E-state index contributed by atoms with van der Waals surface area (Å²) in [4.78, 5) is 38.2. The fraction of sp³-hybridized carbons (Fsp3) is 0.741. The van der Waals surface area contributed by atoms with Crippen LogP contribution in [0, 0.1) is 28.6 Å². The second-order valence-corrected chi connectivity index (χ2v) is 12.2. The van der Waals surface area contributed by atoms with Crippen LogP contribution in [0.1, 0.15) is 87.0 Å². The molecule has 0 spiro atoms. The van der Waals surface area contributed by atoms with E-state index in [1.54, 1.807) is 6.92 Å². The van der Waals surface area contributed by atoms with Gasteiger partial charge in [0.15, 0.2) is 17.2 Å². The highest BCUT2D eigenvalue weighted by Crippen LogP contribution is 2.68. The van der Waals surface area contributed by atoms with Crippen molar-refractivity contribution < 1.29 is 19.1 Å². The lowest BCUT2D eigenvalue weighted by atomic mass is 9.47. The average Bonchev–Trinajstić information content (AvgIpc) is 2.95. The number of carbonyl (C=O) groups excluding carboxylic acids is 3. The van der Waals surface area contributed by atoms with E-state index in [1.165, 1.54) is 5.57 Å². The number of ether oxygens (including phenoxy) is 1. The zero-order chi connectivity index (χ0) is 23.7. The Morgan fingerprint density at radius 2 is 1.75 bits per heavy atom. The topological polar surface area (TPSA) is 72.5 Å². The van der Waals surface area contributed by atoms with E-state index in [4.69, 9.17) is 4.74 Å². The molecule has 0 saturated heterocycles. The van der Waals surface area contributed by atoms with Crippen LogP contribution in [0.5, 0.6) is 0 Å². The number of amides is 1. The number of rotatable bonds is 2. The summed E-state index contributed by atoms with van der Waals surface area (Å²) in [6.45, 7) is 13.7. The van der Waals surface area contributed by atoms with E-state index in [0.717, 1.165) is 37.7 Å². The molecule has 3 unspecified atom stereocenters. The van der Waals surface area contributed by atoms with Crippen LogP contribution in [0.15, 0.2) is 23.3 Å². The van der Waals surface area contributed by atoms with Crippen LogP contribution in [0.25, 0.3) is 0 Å². The van der Waals surface area contributed by atoms with Gasteiger partial charge in [0, 0.05) is 16.4 Å². The fourth-order valence-electron chi connectivity index (χ4n) is 7.79. The number of Topliss-reactive ketones (excluding diaryl/α,β-unsaturated/α-hetero) is 1. The molecule has 5 nitrogen and oxygen atoms in total. The van der Waals surface area contributed by atoms with Crippen molar-refractivity contribution in [1.29, 1.82) is 0 Å². The predicted octanol–water partition coefficient (Wildman–Crippen LogP) is 5.54. The third-order valence-electron chi connectivity index (χ3n) is 9.29. The summed E-state index contributed by atoms with van der Waals surface area (Å²) in [6, 6.07) is 0. The summed E-state index contributed by atoms with van der Waals surface area (Å²) in [5.74, 6) is 1.36. The summed E-state index contributed by atoms with van der Waals surface area (Å²) in [5, 5.41) is 2.89. The molecular formula is C27H39NO4. The first-order valence-corrected chi connectivity index (χ1v) is 12.2. The standard InChI is InChI=1S/C27H39NO4/c1-16-15-25(6)18(14-22(16)30)8-9-19-20(25)10-12-26(7)21(19)11-13-27(26,17(2)29)32-23(31)28-24(3,4)5/h14-15,19-21H,8-13H2,1-7H3,(H,28,31)/t19?,20?,21?,25-,26-,27+/m0/s1. The second-order valence-electron chi connectivity index (χ2n) is 12.2. The van der Waals surface area contributed by atoms with Gasteiger partial charge in [0.25, 0.3) is 0 Å². The zero-order valence-electron chi connectivity index (χ0n) is 20.8. The predicted molar refractivity (Wildman–Crippen MR) is 124 cm³/mol. The van der Waals surface area contributed by atoms with E-state index in [2.05, 4.69) is 25.2 Å². The molecule has 4 aliphatic carbocycles. The maximum atomic E-state index is 13.1. The first-order valence-electron chi connectivity index (χ1n) is 12.2. The highest BCUT2D eigenvalue weighted by Gasteiger charge is 2.67. The van der Waals surface area contributed by atoms with Gasteiger partial charge >= 0.3 is 6.09 Å². The molecule has 1 amide bonds. The molecule has 6 atom stereocenters. The number of nitrogens with one attached hydrogen (secondary N) is 1. The lowest BCUT2D eigenvalue weighted by Crippen LogP contribution is -2.59. The van der Waals surface area contributed by atoms with Gasteiger partial charge in [-0.1, -0.05) is 25.5 Å². The highest BCUT2D eigenvalue weighted by molar-refractivity contribution is 6.05. The van der Waals surface area contributed by atoms with Crippen LogP contribution in [0.2, 0.25) is 0 Å². The monoisotopic (exact) mass is 441 g/mol. The molecule has 0 bridgehead atoms. The molecule has 0 aromatic rings. The molecular weight excluding hydrogens is 402 g/mol. The van der Waals surface area contributed by atoms with E-state index in [9.17, 15) is 14.4 Å². The molecule has 32 heavy (non-hydrogen) atoms. The van der Waals surface area contributed by atoms with Crippen LogP contribution >= 0.6 is 0 Å². The second kappa shape index (κ2) is 7.30. The fourth-order valence-corrected chi connectivity index (χ4v) is 7.79. The van der Waals surface area contributed by atoms with E-state index < -0.39 is 17.2 Å². The Labute approximate surface area is 192 Å². The van der Waals surface area contributed by atoms with Crippen LogP contribution in [0.4, 0.5) is 4.79 Å². The molecule has 0 aliphatic heterocycles. The van der Waals surface area contributed by atoms with Crippen molar-refractivity contribution in [2.24, 2.45) is 28.6 Å². The van der Waals surface area contributed by atoms with Crippen molar-refractivity contribution in [1.82, 2.24) is 5.32 Å². The molecule has 0 heterocycles. The minimum atomic E-state index is -1.07. The van der Waals surface area contributed by atoms with Crippen molar-refractivity contribution in [3.63, 3.8) is 0 Å². The van der Waals surface area contributed by atoms with Gasteiger partial charge < -0.3 is 10.1 Å². The Morgan fingerprint density at radius 1 is 1.09 bits per heavy atom. The van der Waals surface area contributed by atoms with Crippen LogP contribution < -0.4 is 5.32 Å². The normalized spacial score (nSPS) is 41.0. The average molecular weight is 442 g/mol. The van der Waals surface area contributed by atoms with Gasteiger partial charge in [-0.15, -0.1) is 0 Å². The van der Waals surface area contributed by atoms with Crippen molar-refractivity contribution in [2.75, 3.05) is 0 Å². The first-order chi connectivity index (χ1) is 14.7. The first kappa shape index (κ1) is 23.3. The molecule has 0 radical (unpaired) electrons. The van der Waals surface area contributed by atoms with Gasteiger partial charge in [-0.05, 0) is 103 Å². The Morgan fingerprint density at radius 3 is 2.38 bits per heavy atom. The van der Waals surface area contributed by atoms with E-state index in [0.29, 0.717) is 24.2 Å². The largest absolute Gasteiger partial charge is 0.434 e. The molecule has 5 heteroatoms. The highest BCUT2D eigenvalue weighted by atomic mass is 16.6. The lowest BCUT2D eigenvalue weighted by molar-refractivity contribution is -0.159. The number of ketones is 2. The number of hydrogen-bond donors (Lipinski definition) is 1. The van der Waals surface area contributed by atoms with Gasteiger partial charge in [-0.25, -0.2) is 4.79 Å². The van der Waals surface area contributed by atoms with Gasteiger partial charge in [0.1, 0.15) is 0 Å². The maximum absolute atomic E-state index is 13.1. The van der Waals surface area contributed by atoms with Gasteiger partial charge in [0.05, 0.1) is 0 Å². The SMILES string of the molecule is CC(=O)[C@]1(OC(=O)NC(C)(C)C)CCC2C3CCC4=CC(=O)C(C)=C[C@]4(C)C3CC[C@@]21C. The molecule has 176 valence electrons. The van der Waals surface area contributed by atoms with E-state index >= 15 is 0 Å². The third kappa shape index (κ3) is 3.30. The number of fused-ring (bicyclic) bond motifs is 5. The zero-order valence-corrected chi connectivity index (χ0v) is 20.8. The number of allylic oxidation sites excluding steroid dienone is 4. The van der Waals surface area contributed by atoms with E-state index in [-0.39, 0.29) is 22.4 Å². The van der Waals surface area contributed by atoms with E-state index in [1.807, 2.05) is 33.8 Å². The van der Waals surface area contributed by atoms with Crippen molar-refractivity contribution in [2.45, 2.75) is 98.1 Å². The summed E-state index contributed by atoms with van der Waals surface area (Å²) in [6.07, 6.45) is 8.88. The summed E-state index contributed by atoms with van der Waals surface area (Å²) in [5.41, 5.74) is 0.175. The molecule has 3 saturated carbocycles.